The number of carbonyl (C=O) groups excluding carboxylic acids is 1. The summed E-state index contributed by atoms with van der Waals surface area (Å²) in [4.78, 5) is 32.4. The molecule has 1 saturated carbocycles. The summed E-state index contributed by atoms with van der Waals surface area (Å²) >= 11 is 0. The lowest BCUT2D eigenvalue weighted by Gasteiger charge is -2.14. The van der Waals surface area contributed by atoms with E-state index in [2.05, 4.69) is 10.6 Å². The van der Waals surface area contributed by atoms with E-state index < -0.39 is 24.0 Å². The van der Waals surface area contributed by atoms with Crippen molar-refractivity contribution in [1.29, 1.82) is 0 Å². The highest BCUT2D eigenvalue weighted by molar-refractivity contribution is 5.82. The lowest BCUT2D eigenvalue weighted by atomic mass is 10.1. The monoisotopic (exact) mass is 244 g/mol. The molecule has 1 aliphatic carbocycles. The van der Waals surface area contributed by atoms with Crippen LogP contribution in [0.15, 0.2) is 0 Å². The van der Waals surface area contributed by atoms with Gasteiger partial charge in [0.15, 0.2) is 0 Å². The molecule has 1 aliphatic rings. The molecule has 0 spiro atoms. The molecule has 0 aromatic heterocycles. The van der Waals surface area contributed by atoms with Gasteiger partial charge in [0.25, 0.3) is 0 Å². The van der Waals surface area contributed by atoms with E-state index >= 15 is 0 Å². The molecule has 0 aromatic carbocycles. The molecule has 1 fully saturated rings. The molecule has 1 unspecified atom stereocenters. The van der Waals surface area contributed by atoms with Crippen LogP contribution in [0.1, 0.15) is 25.7 Å². The van der Waals surface area contributed by atoms with Crippen molar-refractivity contribution >= 4 is 18.0 Å². The van der Waals surface area contributed by atoms with Crippen LogP contribution in [-0.2, 0) is 9.59 Å². The normalized spacial score (nSPS) is 16.0. The summed E-state index contributed by atoms with van der Waals surface area (Å²) in [5.74, 6) is -1.81. The Bertz CT molecular complexity index is 314. The van der Waals surface area contributed by atoms with Gasteiger partial charge in [-0.05, 0) is 25.2 Å². The quantitative estimate of drug-likeness (QED) is 0.503. The number of hydrogen-bond donors (Lipinski definition) is 4. The second-order valence-electron chi connectivity index (χ2n) is 4.12. The summed E-state index contributed by atoms with van der Waals surface area (Å²) in [7, 11) is 0. The Hall–Kier alpha value is -1.79. The van der Waals surface area contributed by atoms with Gasteiger partial charge < -0.3 is 20.8 Å². The third kappa shape index (κ3) is 5.74. The van der Waals surface area contributed by atoms with Gasteiger partial charge in [0.2, 0.25) is 0 Å². The first-order valence-corrected chi connectivity index (χ1v) is 5.48. The van der Waals surface area contributed by atoms with Crippen LogP contribution >= 0.6 is 0 Å². The van der Waals surface area contributed by atoms with Gasteiger partial charge in [-0.15, -0.1) is 0 Å². The van der Waals surface area contributed by atoms with Gasteiger partial charge in [-0.2, -0.15) is 0 Å². The largest absolute Gasteiger partial charge is 0.481 e. The maximum Gasteiger partial charge on any atom is 0.326 e. The van der Waals surface area contributed by atoms with Crippen molar-refractivity contribution in [1.82, 2.24) is 10.6 Å². The highest BCUT2D eigenvalue weighted by Crippen LogP contribution is 2.27. The van der Waals surface area contributed by atoms with E-state index in [0.29, 0.717) is 12.5 Å². The van der Waals surface area contributed by atoms with Gasteiger partial charge in [0, 0.05) is 13.0 Å². The topological polar surface area (TPSA) is 116 Å². The minimum atomic E-state index is -1.23. The van der Waals surface area contributed by atoms with Crippen molar-refractivity contribution in [2.24, 2.45) is 5.92 Å². The molecule has 7 heteroatoms. The molecule has 2 amide bonds. The number of nitrogens with one attached hydrogen (secondary N) is 2. The molecule has 0 saturated heterocycles. The maximum atomic E-state index is 11.3. The molecule has 0 radical (unpaired) electrons. The highest BCUT2D eigenvalue weighted by Gasteiger charge is 2.24. The number of urea groups is 1. The van der Waals surface area contributed by atoms with E-state index in [1.165, 1.54) is 0 Å². The van der Waals surface area contributed by atoms with Crippen LogP contribution < -0.4 is 10.6 Å². The summed E-state index contributed by atoms with van der Waals surface area (Å²) in [5.41, 5.74) is 0. The fourth-order valence-electron chi connectivity index (χ4n) is 1.29. The van der Waals surface area contributed by atoms with Crippen molar-refractivity contribution in [3.05, 3.63) is 0 Å². The van der Waals surface area contributed by atoms with Gasteiger partial charge in [0.05, 0.1) is 0 Å². The van der Waals surface area contributed by atoms with Crippen LogP contribution in [0.3, 0.4) is 0 Å². The number of carboxylic acids is 2. The molecule has 1 atom stereocenters. The Balaban J connectivity index is 2.28. The number of hydrogen-bond acceptors (Lipinski definition) is 3. The lowest BCUT2D eigenvalue weighted by Crippen LogP contribution is -2.46. The summed E-state index contributed by atoms with van der Waals surface area (Å²) in [6.45, 7) is 0.539. The Labute approximate surface area is 98.2 Å². The molecule has 7 nitrogen and oxygen atoms in total. The lowest BCUT2D eigenvalue weighted by molar-refractivity contribution is -0.140. The number of carbonyl (C=O) groups is 3. The zero-order chi connectivity index (χ0) is 12.8. The molecule has 96 valence electrons. The van der Waals surface area contributed by atoms with E-state index in [0.717, 1.165) is 12.8 Å². The molecular formula is C10H16N2O5. The van der Waals surface area contributed by atoms with Gasteiger partial charge >= 0.3 is 18.0 Å². The third-order valence-electron chi connectivity index (χ3n) is 2.50. The molecule has 17 heavy (non-hydrogen) atoms. The van der Waals surface area contributed by atoms with Crippen LogP contribution in [0.4, 0.5) is 4.79 Å². The van der Waals surface area contributed by atoms with Crippen LogP contribution in [-0.4, -0.2) is 40.8 Å². The number of amides is 2. The van der Waals surface area contributed by atoms with Crippen molar-refractivity contribution in [2.75, 3.05) is 6.54 Å². The average Bonchev–Trinajstić information content (AvgIpc) is 3.04. The Kier molecular flexibility index (Phi) is 4.74. The molecular weight excluding hydrogens is 228 g/mol. The second kappa shape index (κ2) is 6.07. The Morgan fingerprint density at radius 3 is 2.35 bits per heavy atom. The fourth-order valence-corrected chi connectivity index (χ4v) is 1.29. The van der Waals surface area contributed by atoms with Crippen LogP contribution in [0.2, 0.25) is 0 Å². The predicted molar refractivity (Wildman–Crippen MR) is 57.6 cm³/mol. The standard InChI is InChI=1S/C10H16N2O5/c13-8(14)4-3-7(9(15)16)12-10(17)11-5-6-1-2-6/h6-7H,1-5H2,(H,13,14)(H,15,16)(H2,11,12,17). The van der Waals surface area contributed by atoms with E-state index in [-0.39, 0.29) is 12.8 Å². The Morgan fingerprint density at radius 2 is 1.88 bits per heavy atom. The molecule has 4 N–H and O–H groups in total. The second-order valence-corrected chi connectivity index (χ2v) is 4.12. The van der Waals surface area contributed by atoms with Gasteiger partial charge in [-0.1, -0.05) is 0 Å². The minimum absolute atomic E-state index is 0.123. The van der Waals surface area contributed by atoms with Crippen molar-refractivity contribution in [2.45, 2.75) is 31.7 Å². The molecule has 0 aromatic rings. The van der Waals surface area contributed by atoms with E-state index in [1.807, 2.05) is 0 Å². The summed E-state index contributed by atoms with van der Waals surface area (Å²) in [6, 6.07) is -1.72. The van der Waals surface area contributed by atoms with E-state index in [9.17, 15) is 14.4 Å². The summed E-state index contributed by atoms with van der Waals surface area (Å²) < 4.78 is 0. The van der Waals surface area contributed by atoms with Gasteiger partial charge in [-0.3, -0.25) is 4.79 Å². The fraction of sp³-hybridized carbons (Fsp3) is 0.700. The van der Waals surface area contributed by atoms with E-state index in [1.54, 1.807) is 0 Å². The number of carboxylic acid groups (broad SMARTS) is 2. The molecule has 1 rings (SSSR count). The maximum absolute atomic E-state index is 11.3. The molecule has 0 heterocycles. The third-order valence-corrected chi connectivity index (χ3v) is 2.50. The van der Waals surface area contributed by atoms with Crippen LogP contribution in [0, 0.1) is 5.92 Å². The molecule has 0 bridgehead atoms. The SMILES string of the molecule is O=C(O)CCC(NC(=O)NCC1CC1)C(=O)O. The van der Waals surface area contributed by atoms with Crippen molar-refractivity contribution in [3.63, 3.8) is 0 Å². The van der Waals surface area contributed by atoms with Crippen LogP contribution in [0.5, 0.6) is 0 Å². The van der Waals surface area contributed by atoms with E-state index in [4.69, 9.17) is 10.2 Å². The minimum Gasteiger partial charge on any atom is -0.481 e. The van der Waals surface area contributed by atoms with Gasteiger partial charge in [0.1, 0.15) is 6.04 Å². The van der Waals surface area contributed by atoms with Crippen molar-refractivity contribution < 1.29 is 24.6 Å². The summed E-state index contributed by atoms with van der Waals surface area (Å²) in [6.07, 6.45) is 1.75. The Morgan fingerprint density at radius 1 is 1.24 bits per heavy atom. The van der Waals surface area contributed by atoms with Gasteiger partial charge in [-0.25, -0.2) is 9.59 Å². The zero-order valence-electron chi connectivity index (χ0n) is 9.31. The number of rotatable bonds is 7. The smallest absolute Gasteiger partial charge is 0.326 e. The number of aliphatic carboxylic acids is 2. The first-order chi connectivity index (χ1) is 7.99. The zero-order valence-corrected chi connectivity index (χ0v) is 9.31. The highest BCUT2D eigenvalue weighted by atomic mass is 16.4. The van der Waals surface area contributed by atoms with Crippen LogP contribution in [0.25, 0.3) is 0 Å². The predicted octanol–water partition coefficient (Wildman–Crippen LogP) is 0.0136. The van der Waals surface area contributed by atoms with Crippen molar-refractivity contribution in [3.8, 4) is 0 Å². The molecule has 0 aliphatic heterocycles. The summed E-state index contributed by atoms with van der Waals surface area (Å²) in [5, 5.41) is 22.0. The first-order valence-electron chi connectivity index (χ1n) is 5.48. The first kappa shape index (κ1) is 13.3. The average molecular weight is 244 g/mol.